The number of hydrogen-bond donors (Lipinski definition) is 2. The minimum Gasteiger partial charge on any atom is -0.395 e. The van der Waals surface area contributed by atoms with Gasteiger partial charge in [0.2, 0.25) is 10.0 Å². The molecular weight excluding hydrogens is 202 g/mol. The zero-order valence-electron chi connectivity index (χ0n) is 8.73. The van der Waals surface area contributed by atoms with E-state index in [2.05, 4.69) is 18.6 Å². The van der Waals surface area contributed by atoms with E-state index in [4.69, 9.17) is 5.11 Å². The Morgan fingerprint density at radius 3 is 2.43 bits per heavy atom. The minimum atomic E-state index is -3.27. The van der Waals surface area contributed by atoms with Gasteiger partial charge in [-0.1, -0.05) is 13.8 Å². The maximum Gasteiger partial charge on any atom is 0.214 e. The van der Waals surface area contributed by atoms with Crippen LogP contribution in [0.3, 0.4) is 0 Å². The molecule has 2 N–H and O–H groups in total. The lowest BCUT2D eigenvalue weighted by Gasteiger charge is -2.19. The van der Waals surface area contributed by atoms with E-state index in [0.29, 0.717) is 11.8 Å². The second-order valence-corrected chi connectivity index (χ2v) is 6.05. The van der Waals surface area contributed by atoms with Gasteiger partial charge in [0.05, 0.1) is 12.4 Å². The van der Waals surface area contributed by atoms with Gasteiger partial charge in [-0.25, -0.2) is 13.1 Å². The van der Waals surface area contributed by atoms with Gasteiger partial charge in [0.15, 0.2) is 0 Å². The van der Waals surface area contributed by atoms with Crippen LogP contribution in [0.1, 0.15) is 26.7 Å². The van der Waals surface area contributed by atoms with E-state index in [9.17, 15) is 8.42 Å². The van der Waals surface area contributed by atoms with Crippen molar-refractivity contribution < 1.29 is 13.5 Å². The number of aliphatic hydroxyl groups excluding tert-OH is 1. The molecule has 1 saturated carbocycles. The van der Waals surface area contributed by atoms with E-state index in [1.54, 1.807) is 0 Å². The van der Waals surface area contributed by atoms with Gasteiger partial charge in [-0.15, -0.1) is 0 Å². The van der Waals surface area contributed by atoms with Gasteiger partial charge in [-0.3, -0.25) is 0 Å². The summed E-state index contributed by atoms with van der Waals surface area (Å²) in [6.07, 6.45) is 1.99. The van der Waals surface area contributed by atoms with Crippen LogP contribution in [0.2, 0.25) is 0 Å². The highest BCUT2D eigenvalue weighted by molar-refractivity contribution is 7.89. The summed E-state index contributed by atoms with van der Waals surface area (Å²) in [4.78, 5) is 0. The Morgan fingerprint density at radius 1 is 1.36 bits per heavy atom. The smallest absolute Gasteiger partial charge is 0.214 e. The molecule has 4 nitrogen and oxygen atoms in total. The first-order valence-corrected chi connectivity index (χ1v) is 6.72. The fourth-order valence-electron chi connectivity index (χ4n) is 1.94. The molecule has 84 valence electrons. The van der Waals surface area contributed by atoms with E-state index in [1.165, 1.54) is 0 Å². The molecular formula is C9H19NO3S. The number of sulfonamides is 1. The highest BCUT2D eigenvalue weighted by Crippen LogP contribution is 2.31. The van der Waals surface area contributed by atoms with Crippen molar-refractivity contribution in [1.82, 2.24) is 4.72 Å². The predicted octanol–water partition coefficient (Wildman–Crippen LogP) is 0.333. The molecule has 0 aromatic rings. The van der Waals surface area contributed by atoms with Crippen molar-refractivity contribution in [2.75, 3.05) is 12.4 Å². The number of rotatable bonds is 4. The Labute approximate surface area is 85.8 Å². The second kappa shape index (κ2) is 4.59. The molecule has 1 aliphatic rings. The first-order valence-electron chi connectivity index (χ1n) is 5.07. The van der Waals surface area contributed by atoms with Crippen LogP contribution >= 0.6 is 0 Å². The molecule has 0 amide bonds. The van der Waals surface area contributed by atoms with Crippen molar-refractivity contribution in [3.63, 3.8) is 0 Å². The highest BCUT2D eigenvalue weighted by Gasteiger charge is 2.32. The zero-order chi connectivity index (χ0) is 10.8. The van der Waals surface area contributed by atoms with Gasteiger partial charge < -0.3 is 5.11 Å². The van der Waals surface area contributed by atoms with Crippen molar-refractivity contribution in [3.05, 3.63) is 0 Å². The van der Waals surface area contributed by atoms with Crippen LogP contribution in [-0.4, -0.2) is 31.9 Å². The highest BCUT2D eigenvalue weighted by atomic mass is 32.2. The van der Waals surface area contributed by atoms with E-state index < -0.39 is 10.0 Å². The summed E-state index contributed by atoms with van der Waals surface area (Å²) in [5.74, 6) is 0.783. The fourth-order valence-corrected chi connectivity index (χ4v) is 3.09. The van der Waals surface area contributed by atoms with Crippen molar-refractivity contribution in [3.8, 4) is 0 Å². The Morgan fingerprint density at radius 2 is 2.00 bits per heavy atom. The predicted molar refractivity (Wildman–Crippen MR) is 55.4 cm³/mol. The van der Waals surface area contributed by atoms with E-state index in [1.807, 2.05) is 0 Å². The third-order valence-electron chi connectivity index (χ3n) is 3.16. The van der Waals surface area contributed by atoms with Crippen molar-refractivity contribution in [2.45, 2.75) is 32.7 Å². The minimum absolute atomic E-state index is 0.0570. The van der Waals surface area contributed by atoms with E-state index in [-0.39, 0.29) is 18.4 Å². The van der Waals surface area contributed by atoms with Gasteiger partial charge in [0.25, 0.3) is 0 Å². The van der Waals surface area contributed by atoms with Crippen molar-refractivity contribution in [2.24, 2.45) is 11.8 Å². The monoisotopic (exact) mass is 221 g/mol. The molecule has 0 aromatic heterocycles. The molecule has 0 aliphatic heterocycles. The maximum atomic E-state index is 11.4. The molecule has 0 saturated heterocycles. The molecule has 0 bridgehead atoms. The Hall–Kier alpha value is -0.130. The summed E-state index contributed by atoms with van der Waals surface area (Å²) < 4.78 is 25.4. The average Bonchev–Trinajstić information content (AvgIpc) is 2.35. The Bertz CT molecular complexity index is 276. The Balaban J connectivity index is 2.53. The summed E-state index contributed by atoms with van der Waals surface area (Å²) in [6, 6.07) is 0.0570. The lowest BCUT2D eigenvalue weighted by atomic mass is 9.98. The summed E-state index contributed by atoms with van der Waals surface area (Å²) in [5.41, 5.74) is 0. The van der Waals surface area contributed by atoms with E-state index in [0.717, 1.165) is 12.8 Å². The summed E-state index contributed by atoms with van der Waals surface area (Å²) >= 11 is 0. The normalized spacial score (nSPS) is 33.5. The molecule has 0 radical (unpaired) electrons. The van der Waals surface area contributed by atoms with Crippen LogP contribution in [-0.2, 0) is 10.0 Å². The van der Waals surface area contributed by atoms with Crippen LogP contribution in [0.15, 0.2) is 0 Å². The molecule has 14 heavy (non-hydrogen) atoms. The SMILES string of the molecule is CC1CCC(NS(=O)(=O)CCO)C1C. The third kappa shape index (κ3) is 2.93. The average molecular weight is 221 g/mol. The zero-order valence-corrected chi connectivity index (χ0v) is 9.55. The lowest BCUT2D eigenvalue weighted by molar-refractivity contribution is 0.318. The molecule has 3 atom stereocenters. The fraction of sp³-hybridized carbons (Fsp3) is 1.00. The molecule has 0 aromatic carbocycles. The molecule has 1 fully saturated rings. The van der Waals surface area contributed by atoms with Gasteiger partial charge in [0.1, 0.15) is 0 Å². The molecule has 1 rings (SSSR count). The summed E-state index contributed by atoms with van der Waals surface area (Å²) in [5, 5.41) is 8.57. The van der Waals surface area contributed by atoms with Crippen LogP contribution in [0, 0.1) is 11.8 Å². The van der Waals surface area contributed by atoms with Crippen molar-refractivity contribution in [1.29, 1.82) is 0 Å². The van der Waals surface area contributed by atoms with Crippen LogP contribution < -0.4 is 4.72 Å². The lowest BCUT2D eigenvalue weighted by Crippen LogP contribution is -2.39. The van der Waals surface area contributed by atoms with Gasteiger partial charge in [-0.2, -0.15) is 0 Å². The number of aliphatic hydroxyl groups is 1. The van der Waals surface area contributed by atoms with Gasteiger partial charge in [-0.05, 0) is 24.7 Å². The van der Waals surface area contributed by atoms with Crippen molar-refractivity contribution >= 4 is 10.0 Å². The molecule has 5 heteroatoms. The molecule has 0 spiro atoms. The topological polar surface area (TPSA) is 66.4 Å². The standard InChI is InChI=1S/C9H19NO3S/c1-7-3-4-9(8(7)2)10-14(12,13)6-5-11/h7-11H,3-6H2,1-2H3. The first-order chi connectivity index (χ1) is 6.46. The van der Waals surface area contributed by atoms with Crippen LogP contribution in [0.25, 0.3) is 0 Å². The van der Waals surface area contributed by atoms with Crippen LogP contribution in [0.4, 0.5) is 0 Å². The summed E-state index contributed by atoms with van der Waals surface area (Å²) in [7, 11) is -3.27. The molecule has 1 aliphatic carbocycles. The van der Waals surface area contributed by atoms with E-state index >= 15 is 0 Å². The molecule has 3 unspecified atom stereocenters. The third-order valence-corrected chi connectivity index (χ3v) is 4.54. The number of nitrogens with one attached hydrogen (secondary N) is 1. The van der Waals surface area contributed by atoms with Gasteiger partial charge >= 0.3 is 0 Å². The number of hydrogen-bond acceptors (Lipinski definition) is 3. The quantitative estimate of drug-likeness (QED) is 0.719. The second-order valence-electron chi connectivity index (χ2n) is 4.18. The summed E-state index contributed by atoms with van der Waals surface area (Å²) in [6.45, 7) is 3.90. The Kier molecular flexibility index (Phi) is 3.92. The largest absolute Gasteiger partial charge is 0.395 e. The molecule has 0 heterocycles. The first kappa shape index (κ1) is 11.9. The van der Waals surface area contributed by atoms with Crippen LogP contribution in [0.5, 0.6) is 0 Å². The van der Waals surface area contributed by atoms with Gasteiger partial charge in [0, 0.05) is 6.04 Å². The maximum absolute atomic E-state index is 11.4.